The van der Waals surface area contributed by atoms with Crippen LogP contribution >= 0.6 is 0 Å². The topological polar surface area (TPSA) is 88.5 Å². The van der Waals surface area contributed by atoms with Crippen LogP contribution in [0.1, 0.15) is 41.4 Å². The standard InChI is InChI=1S/C27H29N5O3/c1-2-35-27(34)21-10-14-31(15-11-21)25-22-17-32(16-12-24(22)29-18-30-25)26(33)20-8-6-19(7-9-20)23-5-3-4-13-28-23/h3-9,13,18,21H,2,10-12,14-17H2,1H3. The highest BCUT2D eigenvalue weighted by atomic mass is 16.5. The van der Waals surface area contributed by atoms with Gasteiger partial charge in [0.25, 0.3) is 5.91 Å². The van der Waals surface area contributed by atoms with Gasteiger partial charge < -0.3 is 14.5 Å². The number of benzene rings is 1. The second kappa shape index (κ2) is 10.2. The van der Waals surface area contributed by atoms with Crippen LogP contribution in [0.15, 0.2) is 55.0 Å². The van der Waals surface area contributed by atoms with Gasteiger partial charge in [0.05, 0.1) is 30.5 Å². The molecule has 0 unspecified atom stereocenters. The number of esters is 1. The van der Waals surface area contributed by atoms with E-state index in [2.05, 4.69) is 19.9 Å². The first-order valence-corrected chi connectivity index (χ1v) is 12.2. The van der Waals surface area contributed by atoms with Crippen molar-refractivity contribution in [2.75, 3.05) is 31.1 Å². The van der Waals surface area contributed by atoms with Crippen LogP contribution < -0.4 is 4.90 Å². The lowest BCUT2D eigenvalue weighted by Crippen LogP contribution is -2.41. The van der Waals surface area contributed by atoms with Crippen molar-refractivity contribution in [2.24, 2.45) is 5.92 Å². The summed E-state index contributed by atoms with van der Waals surface area (Å²) >= 11 is 0. The Hall–Kier alpha value is -3.81. The van der Waals surface area contributed by atoms with Gasteiger partial charge in [-0.2, -0.15) is 0 Å². The molecule has 1 fully saturated rings. The number of hydrogen-bond acceptors (Lipinski definition) is 7. The molecular weight excluding hydrogens is 442 g/mol. The molecule has 2 aliphatic rings. The first-order chi connectivity index (χ1) is 17.1. The predicted molar refractivity (Wildman–Crippen MR) is 132 cm³/mol. The monoisotopic (exact) mass is 471 g/mol. The average Bonchev–Trinajstić information content (AvgIpc) is 2.93. The van der Waals surface area contributed by atoms with Gasteiger partial charge in [0.15, 0.2) is 0 Å². The van der Waals surface area contributed by atoms with Crippen LogP contribution in [0, 0.1) is 5.92 Å². The van der Waals surface area contributed by atoms with Crippen LogP contribution in [-0.2, 0) is 22.5 Å². The van der Waals surface area contributed by atoms with Gasteiger partial charge in [-0.15, -0.1) is 0 Å². The van der Waals surface area contributed by atoms with Crippen LogP contribution in [0.2, 0.25) is 0 Å². The van der Waals surface area contributed by atoms with Gasteiger partial charge >= 0.3 is 5.97 Å². The van der Waals surface area contributed by atoms with E-state index < -0.39 is 0 Å². The first kappa shape index (κ1) is 23.0. The zero-order valence-corrected chi connectivity index (χ0v) is 19.9. The quantitative estimate of drug-likeness (QED) is 0.526. The van der Waals surface area contributed by atoms with E-state index in [0.717, 1.165) is 54.3 Å². The molecule has 1 saturated heterocycles. The minimum atomic E-state index is -0.109. The Labute approximate surface area is 205 Å². The van der Waals surface area contributed by atoms with Crippen molar-refractivity contribution >= 4 is 17.7 Å². The number of piperidine rings is 1. The van der Waals surface area contributed by atoms with Crippen molar-refractivity contribution in [1.29, 1.82) is 0 Å². The Morgan fingerprint density at radius 1 is 1.00 bits per heavy atom. The minimum absolute atomic E-state index is 0.000886. The number of carbonyl (C=O) groups excluding carboxylic acids is 2. The molecule has 2 aromatic heterocycles. The summed E-state index contributed by atoms with van der Waals surface area (Å²) in [6.45, 7) is 4.81. The third-order valence-electron chi connectivity index (χ3n) is 6.77. The molecule has 0 N–H and O–H groups in total. The van der Waals surface area contributed by atoms with Crippen molar-refractivity contribution in [2.45, 2.75) is 32.7 Å². The smallest absolute Gasteiger partial charge is 0.309 e. The van der Waals surface area contributed by atoms with Crippen molar-refractivity contribution in [3.63, 3.8) is 0 Å². The van der Waals surface area contributed by atoms with Gasteiger partial charge in [-0.1, -0.05) is 18.2 Å². The first-order valence-electron chi connectivity index (χ1n) is 12.2. The summed E-state index contributed by atoms with van der Waals surface area (Å²) < 4.78 is 5.20. The molecule has 2 aliphatic heterocycles. The average molecular weight is 472 g/mol. The Morgan fingerprint density at radius 3 is 2.51 bits per heavy atom. The third-order valence-corrected chi connectivity index (χ3v) is 6.77. The Bertz CT molecular complexity index is 1190. The van der Waals surface area contributed by atoms with Gasteiger partial charge in [-0.3, -0.25) is 14.6 Å². The fourth-order valence-electron chi connectivity index (χ4n) is 4.86. The van der Waals surface area contributed by atoms with E-state index in [1.54, 1.807) is 12.5 Å². The van der Waals surface area contributed by atoms with Gasteiger partial charge in [0, 0.05) is 48.9 Å². The van der Waals surface area contributed by atoms with E-state index in [1.807, 2.05) is 54.3 Å². The van der Waals surface area contributed by atoms with E-state index in [-0.39, 0.29) is 17.8 Å². The molecule has 180 valence electrons. The van der Waals surface area contributed by atoms with Gasteiger partial charge in [0.1, 0.15) is 12.1 Å². The molecule has 8 nitrogen and oxygen atoms in total. The zero-order chi connectivity index (χ0) is 24.2. The minimum Gasteiger partial charge on any atom is -0.466 e. The summed E-state index contributed by atoms with van der Waals surface area (Å²) in [6.07, 6.45) is 5.55. The van der Waals surface area contributed by atoms with Crippen LogP contribution in [-0.4, -0.2) is 58.0 Å². The molecule has 0 radical (unpaired) electrons. The summed E-state index contributed by atoms with van der Waals surface area (Å²) in [5, 5.41) is 0. The number of pyridine rings is 1. The molecule has 5 rings (SSSR count). The fraction of sp³-hybridized carbons (Fsp3) is 0.370. The Morgan fingerprint density at radius 2 is 1.80 bits per heavy atom. The molecule has 1 aromatic carbocycles. The van der Waals surface area contributed by atoms with Gasteiger partial charge in [0.2, 0.25) is 0 Å². The molecule has 3 aromatic rings. The molecule has 0 spiro atoms. The van der Waals surface area contributed by atoms with E-state index in [0.29, 0.717) is 31.7 Å². The number of rotatable bonds is 5. The molecule has 0 bridgehead atoms. The highest BCUT2D eigenvalue weighted by Crippen LogP contribution is 2.30. The lowest BCUT2D eigenvalue weighted by molar-refractivity contribution is -0.148. The molecule has 0 saturated carbocycles. The summed E-state index contributed by atoms with van der Waals surface area (Å²) in [4.78, 5) is 43.0. The fourth-order valence-corrected chi connectivity index (χ4v) is 4.86. The molecule has 0 atom stereocenters. The maximum atomic E-state index is 13.3. The normalized spacial score (nSPS) is 16.0. The highest BCUT2D eigenvalue weighted by Gasteiger charge is 2.31. The van der Waals surface area contributed by atoms with E-state index in [1.165, 1.54) is 0 Å². The van der Waals surface area contributed by atoms with Crippen molar-refractivity contribution in [1.82, 2.24) is 19.9 Å². The van der Waals surface area contributed by atoms with Crippen molar-refractivity contribution in [3.8, 4) is 11.3 Å². The number of nitrogens with zero attached hydrogens (tertiary/aromatic N) is 5. The number of amides is 1. The Kier molecular flexibility index (Phi) is 6.70. The number of fused-ring (bicyclic) bond motifs is 1. The lowest BCUT2D eigenvalue weighted by atomic mass is 9.96. The summed E-state index contributed by atoms with van der Waals surface area (Å²) in [6, 6.07) is 13.4. The molecule has 1 amide bonds. The second-order valence-electron chi connectivity index (χ2n) is 8.90. The summed E-state index contributed by atoms with van der Waals surface area (Å²) in [5.41, 5.74) is 4.52. The number of carbonyl (C=O) groups is 2. The lowest BCUT2D eigenvalue weighted by Gasteiger charge is -2.35. The van der Waals surface area contributed by atoms with Crippen molar-refractivity contribution < 1.29 is 14.3 Å². The third kappa shape index (κ3) is 4.87. The summed E-state index contributed by atoms with van der Waals surface area (Å²) in [5.74, 6) is 0.707. The van der Waals surface area contributed by atoms with E-state index >= 15 is 0 Å². The molecule has 8 heteroatoms. The number of anilines is 1. The highest BCUT2D eigenvalue weighted by molar-refractivity contribution is 5.95. The SMILES string of the molecule is CCOC(=O)C1CCN(c2ncnc3c2CN(C(=O)c2ccc(-c4ccccn4)cc2)CC3)CC1. The summed E-state index contributed by atoms with van der Waals surface area (Å²) in [7, 11) is 0. The second-order valence-corrected chi connectivity index (χ2v) is 8.90. The maximum Gasteiger partial charge on any atom is 0.309 e. The molecule has 4 heterocycles. The van der Waals surface area contributed by atoms with Crippen LogP contribution in [0.25, 0.3) is 11.3 Å². The predicted octanol–water partition coefficient (Wildman–Crippen LogP) is 3.52. The largest absolute Gasteiger partial charge is 0.466 e. The van der Waals surface area contributed by atoms with E-state index in [9.17, 15) is 9.59 Å². The van der Waals surface area contributed by atoms with E-state index in [4.69, 9.17) is 4.74 Å². The number of aromatic nitrogens is 3. The van der Waals surface area contributed by atoms with Gasteiger partial charge in [-0.05, 0) is 44.0 Å². The molecule has 35 heavy (non-hydrogen) atoms. The van der Waals surface area contributed by atoms with Crippen molar-refractivity contribution in [3.05, 3.63) is 71.8 Å². The van der Waals surface area contributed by atoms with Gasteiger partial charge in [-0.25, -0.2) is 9.97 Å². The maximum absolute atomic E-state index is 13.3. The Balaban J connectivity index is 1.29. The van der Waals surface area contributed by atoms with Crippen LogP contribution in [0.3, 0.4) is 0 Å². The number of ether oxygens (including phenoxy) is 1. The van der Waals surface area contributed by atoms with Crippen LogP contribution in [0.5, 0.6) is 0 Å². The number of hydrogen-bond donors (Lipinski definition) is 0. The van der Waals surface area contributed by atoms with Crippen LogP contribution in [0.4, 0.5) is 5.82 Å². The molecular formula is C27H29N5O3. The zero-order valence-electron chi connectivity index (χ0n) is 19.9. The molecule has 0 aliphatic carbocycles.